The van der Waals surface area contributed by atoms with Crippen LogP contribution in [0.1, 0.15) is 30.8 Å². The molecule has 1 atom stereocenters. The van der Waals surface area contributed by atoms with Crippen molar-refractivity contribution in [3.63, 3.8) is 0 Å². The fourth-order valence-electron chi connectivity index (χ4n) is 1.83. The molecular formula is C14H16F3N3O2. The number of para-hydroxylation sites is 1. The molecule has 0 aliphatic carbocycles. The van der Waals surface area contributed by atoms with E-state index in [9.17, 15) is 18.3 Å². The smallest absolute Gasteiger partial charge is 0.419 e. The molecule has 0 aliphatic rings. The second-order valence-corrected chi connectivity index (χ2v) is 4.63. The van der Waals surface area contributed by atoms with Crippen molar-refractivity contribution in [2.24, 2.45) is 0 Å². The zero-order chi connectivity index (χ0) is 16.2. The van der Waals surface area contributed by atoms with Crippen LogP contribution in [0.25, 0.3) is 0 Å². The zero-order valence-corrected chi connectivity index (χ0v) is 11.9. The average Bonchev–Trinajstić information content (AvgIpc) is 2.95. The fourth-order valence-corrected chi connectivity index (χ4v) is 1.83. The number of aromatic nitrogens is 3. The van der Waals surface area contributed by atoms with Gasteiger partial charge in [-0.25, -0.2) is 9.67 Å². The standard InChI is InChI=1S/C14H16F3N3O2/c1-2-11(21)13-18-9-20(19-13)7-8-22-12-6-4-3-5-10(12)14(15,16)17/h3-6,9,11,21H,2,7-8H2,1H3. The van der Waals surface area contributed by atoms with Crippen molar-refractivity contribution >= 4 is 0 Å². The van der Waals surface area contributed by atoms with E-state index in [2.05, 4.69) is 10.1 Å². The molecule has 1 aromatic carbocycles. The van der Waals surface area contributed by atoms with Gasteiger partial charge in [0.25, 0.3) is 0 Å². The van der Waals surface area contributed by atoms with Crippen LogP contribution in [-0.2, 0) is 12.7 Å². The largest absolute Gasteiger partial charge is 0.491 e. The first kappa shape index (κ1) is 16.3. The second kappa shape index (κ2) is 6.78. The van der Waals surface area contributed by atoms with E-state index in [1.807, 2.05) is 0 Å². The van der Waals surface area contributed by atoms with Gasteiger partial charge < -0.3 is 9.84 Å². The molecule has 0 saturated carbocycles. The Balaban J connectivity index is 1.96. The van der Waals surface area contributed by atoms with Crippen LogP contribution in [-0.4, -0.2) is 26.5 Å². The molecule has 0 spiro atoms. The number of aliphatic hydroxyl groups is 1. The number of hydrogen-bond acceptors (Lipinski definition) is 4. The van der Waals surface area contributed by atoms with Gasteiger partial charge in [-0.05, 0) is 18.6 Å². The number of aliphatic hydroxyl groups excluding tert-OH is 1. The van der Waals surface area contributed by atoms with Crippen LogP contribution >= 0.6 is 0 Å². The van der Waals surface area contributed by atoms with E-state index in [0.29, 0.717) is 6.42 Å². The van der Waals surface area contributed by atoms with Gasteiger partial charge in [0.2, 0.25) is 0 Å². The van der Waals surface area contributed by atoms with Crippen molar-refractivity contribution in [1.82, 2.24) is 14.8 Å². The SMILES string of the molecule is CCC(O)c1ncn(CCOc2ccccc2C(F)(F)F)n1. The first-order valence-corrected chi connectivity index (χ1v) is 6.78. The molecule has 0 amide bonds. The minimum atomic E-state index is -4.46. The van der Waals surface area contributed by atoms with Crippen LogP contribution < -0.4 is 4.74 Å². The van der Waals surface area contributed by atoms with Crippen molar-refractivity contribution < 1.29 is 23.0 Å². The topological polar surface area (TPSA) is 60.2 Å². The number of hydrogen-bond donors (Lipinski definition) is 1. The Morgan fingerprint density at radius 1 is 1.32 bits per heavy atom. The average molecular weight is 315 g/mol. The van der Waals surface area contributed by atoms with Gasteiger partial charge >= 0.3 is 6.18 Å². The van der Waals surface area contributed by atoms with Crippen molar-refractivity contribution in [3.8, 4) is 5.75 Å². The molecular weight excluding hydrogens is 299 g/mol. The second-order valence-electron chi connectivity index (χ2n) is 4.63. The molecule has 1 aromatic heterocycles. The van der Waals surface area contributed by atoms with Gasteiger partial charge in [0.15, 0.2) is 5.82 Å². The van der Waals surface area contributed by atoms with Crippen LogP contribution in [0.5, 0.6) is 5.75 Å². The van der Waals surface area contributed by atoms with Gasteiger partial charge in [-0.15, -0.1) is 0 Å². The van der Waals surface area contributed by atoms with Crippen molar-refractivity contribution in [1.29, 1.82) is 0 Å². The van der Waals surface area contributed by atoms with E-state index >= 15 is 0 Å². The molecule has 0 bridgehead atoms. The van der Waals surface area contributed by atoms with E-state index in [1.165, 1.54) is 29.2 Å². The summed E-state index contributed by atoms with van der Waals surface area (Å²) in [5.74, 6) is 0.0714. The van der Waals surface area contributed by atoms with Gasteiger partial charge in [0.05, 0.1) is 12.1 Å². The van der Waals surface area contributed by atoms with E-state index in [4.69, 9.17) is 4.74 Å². The summed E-state index contributed by atoms with van der Waals surface area (Å²) in [7, 11) is 0. The molecule has 1 unspecified atom stereocenters. The summed E-state index contributed by atoms with van der Waals surface area (Å²) in [5, 5.41) is 13.6. The first-order valence-electron chi connectivity index (χ1n) is 6.78. The van der Waals surface area contributed by atoms with E-state index in [-0.39, 0.29) is 24.7 Å². The lowest BCUT2D eigenvalue weighted by molar-refractivity contribution is -0.139. The predicted molar refractivity (Wildman–Crippen MR) is 72.2 cm³/mol. The minimum Gasteiger partial charge on any atom is -0.491 e. The van der Waals surface area contributed by atoms with Gasteiger partial charge in [0, 0.05) is 0 Å². The van der Waals surface area contributed by atoms with Crippen molar-refractivity contribution in [2.75, 3.05) is 6.61 Å². The minimum absolute atomic E-state index is 0.0120. The molecule has 1 N–H and O–H groups in total. The van der Waals surface area contributed by atoms with E-state index in [1.54, 1.807) is 6.92 Å². The van der Waals surface area contributed by atoms with Crippen LogP contribution in [0.4, 0.5) is 13.2 Å². The van der Waals surface area contributed by atoms with Gasteiger partial charge in [0.1, 0.15) is 24.8 Å². The molecule has 0 fully saturated rings. The highest BCUT2D eigenvalue weighted by Gasteiger charge is 2.33. The maximum absolute atomic E-state index is 12.8. The Bertz CT molecular complexity index is 613. The van der Waals surface area contributed by atoms with Crippen LogP contribution in [0, 0.1) is 0 Å². The molecule has 22 heavy (non-hydrogen) atoms. The third-order valence-electron chi connectivity index (χ3n) is 3.01. The van der Waals surface area contributed by atoms with Crippen LogP contribution in [0.15, 0.2) is 30.6 Å². The predicted octanol–water partition coefficient (Wildman–Crippen LogP) is 2.82. The number of ether oxygens (including phenoxy) is 1. The molecule has 1 heterocycles. The highest BCUT2D eigenvalue weighted by atomic mass is 19.4. The molecule has 2 aromatic rings. The Hall–Kier alpha value is -2.09. The number of rotatable bonds is 6. The highest BCUT2D eigenvalue weighted by Crippen LogP contribution is 2.35. The summed E-state index contributed by atoms with van der Waals surface area (Å²) >= 11 is 0. The number of alkyl halides is 3. The monoisotopic (exact) mass is 315 g/mol. The molecule has 8 heteroatoms. The molecule has 0 saturated heterocycles. The van der Waals surface area contributed by atoms with Gasteiger partial charge in [-0.1, -0.05) is 19.1 Å². The van der Waals surface area contributed by atoms with E-state index < -0.39 is 17.8 Å². The van der Waals surface area contributed by atoms with Crippen LogP contribution in [0.2, 0.25) is 0 Å². The Kier molecular flexibility index (Phi) is 5.02. The summed E-state index contributed by atoms with van der Waals surface area (Å²) in [5.41, 5.74) is -0.810. The molecule has 120 valence electrons. The molecule has 0 radical (unpaired) electrons. The fraction of sp³-hybridized carbons (Fsp3) is 0.429. The third-order valence-corrected chi connectivity index (χ3v) is 3.01. The Morgan fingerprint density at radius 2 is 2.05 bits per heavy atom. The van der Waals surface area contributed by atoms with E-state index in [0.717, 1.165) is 6.07 Å². The normalized spacial score (nSPS) is 13.1. The summed E-state index contributed by atoms with van der Waals surface area (Å²) in [6, 6.07) is 5.04. The zero-order valence-electron chi connectivity index (χ0n) is 11.9. The molecule has 0 aliphatic heterocycles. The number of halogens is 3. The first-order chi connectivity index (χ1) is 10.4. The summed E-state index contributed by atoms with van der Waals surface area (Å²) < 4.78 is 45.0. The maximum Gasteiger partial charge on any atom is 0.419 e. The maximum atomic E-state index is 12.8. The lowest BCUT2D eigenvalue weighted by Gasteiger charge is -2.13. The van der Waals surface area contributed by atoms with Crippen LogP contribution in [0.3, 0.4) is 0 Å². The van der Waals surface area contributed by atoms with Crippen molar-refractivity contribution in [2.45, 2.75) is 32.2 Å². The number of benzene rings is 1. The Morgan fingerprint density at radius 3 is 2.73 bits per heavy atom. The van der Waals surface area contributed by atoms with Gasteiger partial charge in [-0.2, -0.15) is 18.3 Å². The lowest BCUT2D eigenvalue weighted by Crippen LogP contribution is -2.13. The molecule has 2 rings (SSSR count). The summed E-state index contributed by atoms with van der Waals surface area (Å²) in [4.78, 5) is 3.94. The summed E-state index contributed by atoms with van der Waals surface area (Å²) in [6.45, 7) is 2.04. The third kappa shape index (κ3) is 3.97. The summed E-state index contributed by atoms with van der Waals surface area (Å²) in [6.07, 6.45) is -3.30. The molecule has 5 nitrogen and oxygen atoms in total. The quantitative estimate of drug-likeness (QED) is 0.890. The number of nitrogens with zero attached hydrogens (tertiary/aromatic N) is 3. The highest BCUT2D eigenvalue weighted by molar-refractivity contribution is 5.35. The Labute approximate surface area is 125 Å². The van der Waals surface area contributed by atoms with Crippen molar-refractivity contribution in [3.05, 3.63) is 42.0 Å². The van der Waals surface area contributed by atoms with Gasteiger partial charge in [-0.3, -0.25) is 0 Å². The lowest BCUT2D eigenvalue weighted by atomic mass is 10.2.